The lowest BCUT2D eigenvalue weighted by Gasteiger charge is -2.29. The molecule has 0 atom stereocenters. The minimum atomic E-state index is -1.15. The predicted molar refractivity (Wildman–Crippen MR) is 47.9 cm³/mol. The van der Waals surface area contributed by atoms with Crippen LogP contribution >= 0.6 is 11.8 Å². The molecule has 4 nitrogen and oxygen atoms in total. The van der Waals surface area contributed by atoms with Crippen LogP contribution in [0.5, 0.6) is 0 Å². The maximum atomic E-state index is 11.2. The third-order valence-corrected chi connectivity index (χ3v) is 1.82. The summed E-state index contributed by atoms with van der Waals surface area (Å²) >= 11 is 1.25. The number of hydrogen-bond acceptors (Lipinski definition) is 5. The average molecular weight is 202 g/mol. The standard InChI is InChI=1S/C8H10O4S/c1-8(2)11-6(9)5(4-13-3)7(10)12-8/h4H,1-3H3. The third-order valence-electron chi connectivity index (χ3n) is 1.35. The van der Waals surface area contributed by atoms with Crippen molar-refractivity contribution in [3.63, 3.8) is 0 Å². The van der Waals surface area contributed by atoms with Gasteiger partial charge in [0.2, 0.25) is 0 Å². The topological polar surface area (TPSA) is 52.6 Å². The molecule has 0 aromatic rings. The van der Waals surface area contributed by atoms with Gasteiger partial charge in [0.05, 0.1) is 0 Å². The van der Waals surface area contributed by atoms with E-state index in [9.17, 15) is 9.59 Å². The minimum Gasteiger partial charge on any atom is -0.419 e. The second-order valence-corrected chi connectivity index (χ2v) is 3.65. The number of carbonyl (C=O) groups is 2. The molecule has 1 saturated heterocycles. The van der Waals surface area contributed by atoms with Crippen LogP contribution in [0.15, 0.2) is 11.0 Å². The first-order chi connectivity index (χ1) is 5.96. The number of esters is 2. The molecule has 0 N–H and O–H groups in total. The number of carbonyl (C=O) groups excluding carboxylic acids is 2. The quantitative estimate of drug-likeness (QED) is 0.361. The van der Waals surface area contributed by atoms with Crippen molar-refractivity contribution in [2.45, 2.75) is 19.6 Å². The van der Waals surface area contributed by atoms with E-state index in [0.717, 1.165) is 0 Å². The molecular formula is C8H10O4S. The summed E-state index contributed by atoms with van der Waals surface area (Å²) in [5.41, 5.74) is -0.0492. The molecule has 5 heteroatoms. The van der Waals surface area contributed by atoms with Gasteiger partial charge in [0.25, 0.3) is 5.79 Å². The molecule has 1 aliphatic heterocycles. The van der Waals surface area contributed by atoms with E-state index in [4.69, 9.17) is 9.47 Å². The summed E-state index contributed by atoms with van der Waals surface area (Å²) in [4.78, 5) is 22.4. The van der Waals surface area contributed by atoms with Crippen LogP contribution < -0.4 is 0 Å². The van der Waals surface area contributed by atoms with Crippen LogP contribution in [0, 0.1) is 0 Å². The highest BCUT2D eigenvalue weighted by atomic mass is 32.2. The lowest BCUT2D eigenvalue weighted by atomic mass is 10.2. The van der Waals surface area contributed by atoms with Crippen molar-refractivity contribution < 1.29 is 19.1 Å². The summed E-state index contributed by atoms with van der Waals surface area (Å²) in [6, 6.07) is 0. The van der Waals surface area contributed by atoms with E-state index < -0.39 is 17.7 Å². The Labute approximate surface area is 80.3 Å². The summed E-state index contributed by atoms with van der Waals surface area (Å²) in [6.07, 6.45) is 1.74. The van der Waals surface area contributed by atoms with Crippen LogP contribution in [0.4, 0.5) is 0 Å². The van der Waals surface area contributed by atoms with Gasteiger partial charge in [0.15, 0.2) is 5.57 Å². The Hall–Kier alpha value is -0.970. The van der Waals surface area contributed by atoms with Gasteiger partial charge in [-0.15, -0.1) is 11.8 Å². The van der Waals surface area contributed by atoms with E-state index in [1.54, 1.807) is 6.26 Å². The fourth-order valence-corrected chi connectivity index (χ4v) is 1.30. The van der Waals surface area contributed by atoms with Gasteiger partial charge in [0, 0.05) is 13.8 Å². The molecule has 0 aliphatic carbocycles. The van der Waals surface area contributed by atoms with E-state index in [0.29, 0.717) is 0 Å². The van der Waals surface area contributed by atoms with E-state index in [2.05, 4.69) is 0 Å². The maximum absolute atomic E-state index is 11.2. The van der Waals surface area contributed by atoms with Gasteiger partial charge in [-0.1, -0.05) is 0 Å². The van der Waals surface area contributed by atoms with Crippen molar-refractivity contribution in [1.29, 1.82) is 0 Å². The van der Waals surface area contributed by atoms with Gasteiger partial charge in [-0.3, -0.25) is 0 Å². The first-order valence-corrected chi connectivity index (χ1v) is 4.95. The number of thioether (sulfide) groups is 1. The Balaban J connectivity index is 2.89. The summed E-state index contributed by atoms with van der Waals surface area (Å²) in [5, 5.41) is 1.42. The van der Waals surface area contributed by atoms with Crippen LogP contribution in [0.3, 0.4) is 0 Å². The monoisotopic (exact) mass is 202 g/mol. The van der Waals surface area contributed by atoms with E-state index in [1.165, 1.54) is 31.0 Å². The molecule has 0 aromatic carbocycles. The Kier molecular flexibility index (Phi) is 2.66. The van der Waals surface area contributed by atoms with Crippen molar-refractivity contribution >= 4 is 23.7 Å². The molecule has 0 bridgehead atoms. The van der Waals surface area contributed by atoms with Gasteiger partial charge in [-0.2, -0.15) is 0 Å². The van der Waals surface area contributed by atoms with Crippen molar-refractivity contribution in [3.8, 4) is 0 Å². The fourth-order valence-electron chi connectivity index (χ4n) is 0.875. The average Bonchev–Trinajstić information content (AvgIpc) is 1.94. The minimum absolute atomic E-state index is 0.0492. The summed E-state index contributed by atoms with van der Waals surface area (Å²) in [7, 11) is 0. The fraction of sp³-hybridized carbons (Fsp3) is 0.500. The molecule has 0 aromatic heterocycles. The SMILES string of the molecule is CSC=C1C(=O)OC(C)(C)OC1=O. The van der Waals surface area contributed by atoms with Gasteiger partial charge in [0.1, 0.15) is 0 Å². The molecule has 0 amide bonds. The molecule has 1 rings (SSSR count). The third kappa shape index (κ3) is 2.24. The van der Waals surface area contributed by atoms with Crippen LogP contribution in [-0.2, 0) is 19.1 Å². The predicted octanol–water partition coefficient (Wildman–Crippen LogP) is 1.07. The number of cyclic esters (lactones) is 2. The van der Waals surface area contributed by atoms with E-state index in [1.807, 2.05) is 0 Å². The lowest BCUT2D eigenvalue weighted by Crippen LogP contribution is -2.41. The molecule has 13 heavy (non-hydrogen) atoms. The van der Waals surface area contributed by atoms with Crippen molar-refractivity contribution in [2.75, 3.05) is 6.26 Å². The van der Waals surface area contributed by atoms with Crippen LogP contribution in [0.25, 0.3) is 0 Å². The molecule has 72 valence electrons. The zero-order chi connectivity index (χ0) is 10.1. The van der Waals surface area contributed by atoms with E-state index in [-0.39, 0.29) is 5.57 Å². The highest BCUT2D eigenvalue weighted by molar-refractivity contribution is 8.01. The molecule has 0 spiro atoms. The maximum Gasteiger partial charge on any atom is 0.349 e. The zero-order valence-electron chi connectivity index (χ0n) is 7.62. The Morgan fingerprint density at radius 1 is 1.23 bits per heavy atom. The van der Waals surface area contributed by atoms with Crippen molar-refractivity contribution in [3.05, 3.63) is 11.0 Å². The molecule has 0 unspecified atom stereocenters. The smallest absolute Gasteiger partial charge is 0.349 e. The molecule has 1 fully saturated rings. The number of hydrogen-bond donors (Lipinski definition) is 0. The Morgan fingerprint density at radius 2 is 1.69 bits per heavy atom. The summed E-state index contributed by atoms with van der Waals surface area (Å²) in [5.74, 6) is -2.41. The second-order valence-electron chi connectivity index (χ2n) is 2.95. The second kappa shape index (κ2) is 3.41. The van der Waals surface area contributed by atoms with Gasteiger partial charge in [-0.05, 0) is 11.7 Å². The van der Waals surface area contributed by atoms with Crippen LogP contribution in [0.1, 0.15) is 13.8 Å². The molecule has 0 saturated carbocycles. The molecular weight excluding hydrogens is 192 g/mol. The van der Waals surface area contributed by atoms with Crippen molar-refractivity contribution in [1.82, 2.24) is 0 Å². The van der Waals surface area contributed by atoms with Crippen LogP contribution in [0.2, 0.25) is 0 Å². The van der Waals surface area contributed by atoms with Gasteiger partial charge < -0.3 is 9.47 Å². The molecule has 1 aliphatic rings. The summed E-state index contributed by atoms with van der Waals surface area (Å²) < 4.78 is 9.69. The first kappa shape index (κ1) is 10.1. The Morgan fingerprint density at radius 3 is 2.08 bits per heavy atom. The van der Waals surface area contributed by atoms with Gasteiger partial charge in [-0.25, -0.2) is 9.59 Å². The Bertz CT molecular complexity index is 258. The van der Waals surface area contributed by atoms with E-state index >= 15 is 0 Å². The normalized spacial score (nSPS) is 20.7. The van der Waals surface area contributed by atoms with Crippen molar-refractivity contribution in [2.24, 2.45) is 0 Å². The van der Waals surface area contributed by atoms with Crippen LogP contribution in [-0.4, -0.2) is 24.0 Å². The highest BCUT2D eigenvalue weighted by Gasteiger charge is 2.38. The number of rotatable bonds is 1. The lowest BCUT2D eigenvalue weighted by molar-refractivity contribution is -0.222. The molecule has 1 heterocycles. The largest absolute Gasteiger partial charge is 0.419 e. The van der Waals surface area contributed by atoms with Gasteiger partial charge >= 0.3 is 11.9 Å². The highest BCUT2D eigenvalue weighted by Crippen LogP contribution is 2.23. The molecule has 0 radical (unpaired) electrons. The first-order valence-electron chi connectivity index (χ1n) is 3.66. The summed E-state index contributed by atoms with van der Waals surface area (Å²) in [6.45, 7) is 3.03. The zero-order valence-corrected chi connectivity index (χ0v) is 8.44. The number of ether oxygens (including phenoxy) is 2.